The number of aryl methyl sites for hydroxylation is 1. The molecule has 7 heteroatoms. The number of anilines is 1. The maximum atomic E-state index is 13.5. The molecule has 2 N–H and O–H groups in total. The Hall–Kier alpha value is -4.13. The van der Waals surface area contributed by atoms with Gasteiger partial charge in [-0.1, -0.05) is 79.2 Å². The van der Waals surface area contributed by atoms with Crippen LogP contribution in [-0.2, 0) is 27.4 Å². The zero-order valence-electron chi connectivity index (χ0n) is 20.6. The first-order valence-electron chi connectivity index (χ1n) is 12.2. The standard InChI is InChI=1S/C29H31N3O4/c1-3-8-25(33)31-24-12-7-11-23(17-24)27-26(28(34)30-18-21-9-5-4-6-10-21)32(29(35)36-27)19-22-15-13-20(2)14-16-22/h4-7,9-17,26-27H,3,8,18-19H2,1-2H3,(H,30,34)(H,31,33)/t26-,27+/m1/s1. The molecule has 1 saturated heterocycles. The number of rotatable bonds is 9. The van der Waals surface area contributed by atoms with Crippen LogP contribution >= 0.6 is 0 Å². The van der Waals surface area contributed by atoms with E-state index in [0.717, 1.165) is 23.1 Å². The number of amides is 3. The minimum atomic E-state index is -0.871. The summed E-state index contributed by atoms with van der Waals surface area (Å²) in [6.45, 7) is 4.51. The van der Waals surface area contributed by atoms with Gasteiger partial charge < -0.3 is 15.4 Å². The molecule has 0 aromatic heterocycles. The van der Waals surface area contributed by atoms with Crippen LogP contribution in [0.3, 0.4) is 0 Å². The molecule has 2 atom stereocenters. The Labute approximate surface area is 211 Å². The molecule has 3 aromatic carbocycles. The summed E-state index contributed by atoms with van der Waals surface area (Å²) < 4.78 is 5.76. The third kappa shape index (κ3) is 6.10. The molecule has 0 spiro atoms. The monoisotopic (exact) mass is 485 g/mol. The molecule has 1 fully saturated rings. The molecule has 0 radical (unpaired) electrons. The molecular formula is C29H31N3O4. The predicted octanol–water partition coefficient (Wildman–Crippen LogP) is 5.11. The van der Waals surface area contributed by atoms with Gasteiger partial charge in [-0.05, 0) is 42.2 Å². The zero-order valence-corrected chi connectivity index (χ0v) is 20.6. The lowest BCUT2D eigenvalue weighted by atomic mass is 9.99. The zero-order chi connectivity index (χ0) is 25.5. The SMILES string of the molecule is CCCC(=O)Nc1cccc([C@@H]2OC(=O)N(Cc3ccc(C)cc3)[C@H]2C(=O)NCc2ccccc2)c1. The third-order valence-corrected chi connectivity index (χ3v) is 6.11. The second-order valence-electron chi connectivity index (χ2n) is 8.99. The van der Waals surface area contributed by atoms with Gasteiger partial charge in [-0.3, -0.25) is 14.5 Å². The summed E-state index contributed by atoms with van der Waals surface area (Å²) in [5.74, 6) is -0.390. The van der Waals surface area contributed by atoms with Crippen molar-refractivity contribution in [3.8, 4) is 0 Å². The van der Waals surface area contributed by atoms with Gasteiger partial charge in [0.15, 0.2) is 12.1 Å². The van der Waals surface area contributed by atoms with Gasteiger partial charge in [0.1, 0.15) is 0 Å². The molecular weight excluding hydrogens is 454 g/mol. The maximum absolute atomic E-state index is 13.5. The Morgan fingerprint density at radius 3 is 2.42 bits per heavy atom. The predicted molar refractivity (Wildman–Crippen MR) is 138 cm³/mol. The highest BCUT2D eigenvalue weighted by Crippen LogP contribution is 2.35. The van der Waals surface area contributed by atoms with E-state index < -0.39 is 18.2 Å². The van der Waals surface area contributed by atoms with E-state index in [-0.39, 0.29) is 18.4 Å². The van der Waals surface area contributed by atoms with E-state index in [1.807, 2.05) is 68.4 Å². The molecule has 0 bridgehead atoms. The van der Waals surface area contributed by atoms with Gasteiger partial charge in [-0.15, -0.1) is 0 Å². The van der Waals surface area contributed by atoms with Gasteiger partial charge >= 0.3 is 6.09 Å². The second-order valence-corrected chi connectivity index (χ2v) is 8.99. The number of benzene rings is 3. The molecule has 1 heterocycles. The van der Waals surface area contributed by atoms with E-state index in [4.69, 9.17) is 4.74 Å². The quantitative estimate of drug-likeness (QED) is 0.441. The average Bonchev–Trinajstić information content (AvgIpc) is 3.20. The van der Waals surface area contributed by atoms with E-state index in [9.17, 15) is 14.4 Å². The van der Waals surface area contributed by atoms with E-state index in [0.29, 0.717) is 24.2 Å². The molecule has 1 aliphatic heterocycles. The van der Waals surface area contributed by atoms with Crippen LogP contribution in [-0.4, -0.2) is 28.8 Å². The van der Waals surface area contributed by atoms with Crippen LogP contribution < -0.4 is 10.6 Å². The fourth-order valence-corrected chi connectivity index (χ4v) is 4.23. The molecule has 1 aliphatic rings. The molecule has 0 unspecified atom stereocenters. The summed E-state index contributed by atoms with van der Waals surface area (Å²) in [6.07, 6.45) is -0.219. The van der Waals surface area contributed by atoms with E-state index >= 15 is 0 Å². The van der Waals surface area contributed by atoms with Gasteiger partial charge in [0.2, 0.25) is 11.8 Å². The van der Waals surface area contributed by atoms with Crippen molar-refractivity contribution in [2.75, 3.05) is 5.32 Å². The first kappa shape index (κ1) is 25.0. The number of carbonyl (C=O) groups is 3. The molecule has 3 aromatic rings. The van der Waals surface area contributed by atoms with Crippen LogP contribution in [0.5, 0.6) is 0 Å². The summed E-state index contributed by atoms with van der Waals surface area (Å²) in [6, 6.07) is 23.7. The highest BCUT2D eigenvalue weighted by Gasteiger charge is 2.47. The molecule has 3 amide bonds. The summed E-state index contributed by atoms with van der Waals surface area (Å²) in [5, 5.41) is 5.84. The number of ether oxygens (including phenoxy) is 1. The van der Waals surface area contributed by atoms with E-state index in [1.165, 1.54) is 4.90 Å². The fourth-order valence-electron chi connectivity index (χ4n) is 4.23. The largest absolute Gasteiger partial charge is 0.438 e. The van der Waals surface area contributed by atoms with Crippen LogP contribution in [0.2, 0.25) is 0 Å². The van der Waals surface area contributed by atoms with Gasteiger partial charge in [-0.25, -0.2) is 4.79 Å². The normalized spacial score (nSPS) is 16.9. The fraction of sp³-hybridized carbons (Fsp3) is 0.276. The van der Waals surface area contributed by atoms with Crippen molar-refractivity contribution in [1.29, 1.82) is 0 Å². The van der Waals surface area contributed by atoms with Gasteiger partial charge in [-0.2, -0.15) is 0 Å². The summed E-state index contributed by atoms with van der Waals surface area (Å²) in [7, 11) is 0. The Morgan fingerprint density at radius 2 is 1.69 bits per heavy atom. The highest BCUT2D eigenvalue weighted by atomic mass is 16.6. The van der Waals surface area contributed by atoms with Crippen LogP contribution in [0.1, 0.15) is 48.1 Å². The molecule has 0 saturated carbocycles. The summed E-state index contributed by atoms with van der Waals surface area (Å²) in [4.78, 5) is 40.1. The second kappa shape index (κ2) is 11.5. The lowest BCUT2D eigenvalue weighted by Gasteiger charge is -2.24. The van der Waals surface area contributed by atoms with Crippen LogP contribution in [0, 0.1) is 6.92 Å². The molecule has 186 valence electrons. The molecule has 7 nitrogen and oxygen atoms in total. The number of cyclic esters (lactones) is 1. The number of hydrogen-bond donors (Lipinski definition) is 2. The van der Waals surface area contributed by atoms with E-state index in [2.05, 4.69) is 10.6 Å². The highest BCUT2D eigenvalue weighted by molar-refractivity contribution is 5.91. The maximum Gasteiger partial charge on any atom is 0.411 e. The first-order chi connectivity index (χ1) is 17.4. The lowest BCUT2D eigenvalue weighted by Crippen LogP contribution is -2.46. The Balaban J connectivity index is 1.60. The van der Waals surface area contributed by atoms with Crippen LogP contribution in [0.15, 0.2) is 78.9 Å². The molecule has 4 rings (SSSR count). The van der Waals surface area contributed by atoms with Crippen LogP contribution in [0.25, 0.3) is 0 Å². The third-order valence-electron chi connectivity index (χ3n) is 6.11. The average molecular weight is 486 g/mol. The van der Waals surface area contributed by atoms with Crippen LogP contribution in [0.4, 0.5) is 10.5 Å². The number of carbonyl (C=O) groups excluding carboxylic acids is 3. The van der Waals surface area contributed by atoms with Crippen molar-refractivity contribution in [3.63, 3.8) is 0 Å². The van der Waals surface area contributed by atoms with Crippen molar-refractivity contribution in [3.05, 3.63) is 101 Å². The van der Waals surface area contributed by atoms with Crippen molar-refractivity contribution < 1.29 is 19.1 Å². The topological polar surface area (TPSA) is 87.7 Å². The Bertz CT molecular complexity index is 1210. The Kier molecular flexibility index (Phi) is 8.00. The smallest absolute Gasteiger partial charge is 0.411 e. The molecule has 0 aliphatic carbocycles. The number of nitrogens with one attached hydrogen (secondary N) is 2. The minimum absolute atomic E-state index is 0.0868. The Morgan fingerprint density at radius 1 is 0.944 bits per heavy atom. The minimum Gasteiger partial charge on any atom is -0.438 e. The van der Waals surface area contributed by atoms with Crippen molar-refractivity contribution in [1.82, 2.24) is 10.2 Å². The molecule has 36 heavy (non-hydrogen) atoms. The van der Waals surface area contributed by atoms with Gasteiger partial charge in [0, 0.05) is 18.7 Å². The van der Waals surface area contributed by atoms with Crippen molar-refractivity contribution in [2.45, 2.75) is 51.9 Å². The van der Waals surface area contributed by atoms with Gasteiger partial charge in [0.25, 0.3) is 0 Å². The van der Waals surface area contributed by atoms with Crippen molar-refractivity contribution >= 4 is 23.6 Å². The van der Waals surface area contributed by atoms with Gasteiger partial charge in [0.05, 0.1) is 6.54 Å². The summed E-state index contributed by atoms with van der Waals surface area (Å²) in [5.41, 5.74) is 4.21. The lowest BCUT2D eigenvalue weighted by molar-refractivity contribution is -0.126. The summed E-state index contributed by atoms with van der Waals surface area (Å²) >= 11 is 0. The number of nitrogens with zero attached hydrogens (tertiary/aromatic N) is 1. The first-order valence-corrected chi connectivity index (χ1v) is 12.2. The number of hydrogen-bond acceptors (Lipinski definition) is 4. The van der Waals surface area contributed by atoms with Crippen molar-refractivity contribution in [2.24, 2.45) is 0 Å². The van der Waals surface area contributed by atoms with E-state index in [1.54, 1.807) is 24.3 Å².